The first-order chi connectivity index (χ1) is 6.33. The van der Waals surface area contributed by atoms with Gasteiger partial charge in [0.15, 0.2) is 12.0 Å². The summed E-state index contributed by atoms with van der Waals surface area (Å²) >= 11 is 5.80. The van der Waals surface area contributed by atoms with Crippen LogP contribution in [0, 0.1) is 0 Å². The zero-order chi connectivity index (χ0) is 9.26. The quantitative estimate of drug-likeness (QED) is 0.749. The van der Waals surface area contributed by atoms with E-state index in [9.17, 15) is 4.79 Å². The number of aromatic nitrogens is 2. The van der Waals surface area contributed by atoms with Crippen molar-refractivity contribution in [1.82, 2.24) is 10.2 Å². The number of aldehydes is 1. The Labute approximate surface area is 78.5 Å². The van der Waals surface area contributed by atoms with Gasteiger partial charge in [0.1, 0.15) is 5.69 Å². The molecule has 0 aliphatic heterocycles. The molecule has 0 spiro atoms. The van der Waals surface area contributed by atoms with E-state index in [0.29, 0.717) is 28.3 Å². The Morgan fingerprint density at radius 2 is 2.46 bits per heavy atom. The summed E-state index contributed by atoms with van der Waals surface area (Å²) in [4.78, 5) is 10.6. The van der Waals surface area contributed by atoms with Crippen molar-refractivity contribution < 1.29 is 9.21 Å². The highest BCUT2D eigenvalue weighted by atomic mass is 35.5. The molecular formula is C8H5ClN2O2. The summed E-state index contributed by atoms with van der Waals surface area (Å²) < 4.78 is 5.09. The maximum absolute atomic E-state index is 10.6. The number of halogens is 1. The zero-order valence-corrected chi connectivity index (χ0v) is 7.21. The number of hydrogen-bond acceptors (Lipinski definition) is 3. The Balaban J connectivity index is 2.58. The Bertz CT molecular complexity index is 433. The highest BCUT2D eigenvalue weighted by Crippen LogP contribution is 2.28. The molecule has 0 unspecified atom stereocenters. The lowest BCUT2D eigenvalue weighted by atomic mass is 10.2. The minimum absolute atomic E-state index is 0.428. The van der Waals surface area contributed by atoms with Crippen LogP contribution in [0.2, 0.25) is 5.02 Å². The van der Waals surface area contributed by atoms with E-state index < -0.39 is 0 Å². The molecule has 2 aromatic rings. The van der Waals surface area contributed by atoms with Gasteiger partial charge in [0.2, 0.25) is 0 Å². The summed E-state index contributed by atoms with van der Waals surface area (Å²) in [6.45, 7) is 0. The highest BCUT2D eigenvalue weighted by molar-refractivity contribution is 6.33. The van der Waals surface area contributed by atoms with E-state index in [-0.39, 0.29) is 0 Å². The van der Waals surface area contributed by atoms with Gasteiger partial charge < -0.3 is 4.42 Å². The van der Waals surface area contributed by atoms with Crippen molar-refractivity contribution in [2.45, 2.75) is 0 Å². The average molecular weight is 197 g/mol. The molecule has 4 nitrogen and oxygen atoms in total. The van der Waals surface area contributed by atoms with Crippen LogP contribution < -0.4 is 0 Å². The first-order valence-corrected chi connectivity index (χ1v) is 3.92. The summed E-state index contributed by atoms with van der Waals surface area (Å²) in [7, 11) is 0. The summed E-state index contributed by atoms with van der Waals surface area (Å²) in [5, 5.41) is 6.81. The van der Waals surface area contributed by atoms with Crippen LogP contribution in [0.15, 0.2) is 22.9 Å². The van der Waals surface area contributed by atoms with E-state index in [4.69, 9.17) is 16.0 Å². The molecule has 0 aliphatic rings. The largest absolute Gasteiger partial charge is 0.461 e. The molecule has 13 heavy (non-hydrogen) atoms. The lowest BCUT2D eigenvalue weighted by Gasteiger charge is -1.92. The average Bonchev–Trinajstić information content (AvgIpc) is 2.71. The third kappa shape index (κ3) is 1.25. The normalized spacial score (nSPS) is 10.2. The van der Waals surface area contributed by atoms with Gasteiger partial charge in [-0.2, -0.15) is 5.10 Å². The molecule has 0 saturated heterocycles. The molecule has 0 aliphatic carbocycles. The van der Waals surface area contributed by atoms with Gasteiger partial charge >= 0.3 is 0 Å². The molecule has 0 saturated carbocycles. The molecule has 66 valence electrons. The van der Waals surface area contributed by atoms with Gasteiger partial charge in [0, 0.05) is 0 Å². The molecule has 0 fully saturated rings. The highest BCUT2D eigenvalue weighted by Gasteiger charge is 2.13. The molecule has 0 aromatic carbocycles. The Kier molecular flexibility index (Phi) is 1.90. The number of aromatic amines is 1. The van der Waals surface area contributed by atoms with Crippen LogP contribution in [-0.2, 0) is 0 Å². The second-order valence-corrected chi connectivity index (χ2v) is 2.82. The van der Waals surface area contributed by atoms with Crippen LogP contribution in [-0.4, -0.2) is 16.5 Å². The zero-order valence-electron chi connectivity index (χ0n) is 6.45. The van der Waals surface area contributed by atoms with Crippen LogP contribution in [0.25, 0.3) is 11.5 Å². The Morgan fingerprint density at radius 1 is 1.62 bits per heavy atom. The van der Waals surface area contributed by atoms with Gasteiger partial charge in [0.05, 0.1) is 23.0 Å². The number of hydrogen-bond donors (Lipinski definition) is 1. The fourth-order valence-corrected chi connectivity index (χ4v) is 1.23. The minimum Gasteiger partial charge on any atom is -0.461 e. The lowest BCUT2D eigenvalue weighted by Crippen LogP contribution is -1.81. The van der Waals surface area contributed by atoms with Crippen molar-refractivity contribution in [3.05, 3.63) is 29.1 Å². The predicted molar refractivity (Wildman–Crippen MR) is 46.7 cm³/mol. The third-order valence-corrected chi connectivity index (χ3v) is 1.94. The molecule has 2 rings (SSSR count). The number of nitrogens with one attached hydrogen (secondary N) is 1. The molecule has 2 heterocycles. The maximum atomic E-state index is 10.6. The Morgan fingerprint density at radius 3 is 3.08 bits per heavy atom. The van der Waals surface area contributed by atoms with E-state index in [2.05, 4.69) is 10.2 Å². The van der Waals surface area contributed by atoms with Crippen LogP contribution in [0.3, 0.4) is 0 Å². The smallest absolute Gasteiger partial charge is 0.170 e. The van der Waals surface area contributed by atoms with Gasteiger partial charge in [-0.3, -0.25) is 9.89 Å². The summed E-state index contributed by atoms with van der Waals surface area (Å²) in [6, 6.07) is 1.60. The van der Waals surface area contributed by atoms with E-state index in [0.717, 1.165) is 0 Å². The number of furan rings is 1. The maximum Gasteiger partial charge on any atom is 0.170 e. The Hall–Kier alpha value is -1.55. The summed E-state index contributed by atoms with van der Waals surface area (Å²) in [6.07, 6.45) is 3.56. The minimum atomic E-state index is 0.428. The standard InChI is InChI=1S/C8H5ClN2O2/c9-6-1-2-13-8(6)7-5(4-12)3-10-11-7/h1-4H,(H,10,11). The van der Waals surface area contributed by atoms with E-state index in [1.54, 1.807) is 6.07 Å². The fraction of sp³-hybridized carbons (Fsp3) is 0. The van der Waals surface area contributed by atoms with Crippen molar-refractivity contribution in [2.75, 3.05) is 0 Å². The molecule has 2 aromatic heterocycles. The first-order valence-electron chi connectivity index (χ1n) is 3.55. The number of rotatable bonds is 2. The fourth-order valence-electron chi connectivity index (χ4n) is 1.04. The van der Waals surface area contributed by atoms with Gasteiger partial charge in [-0.15, -0.1) is 0 Å². The number of nitrogens with zero attached hydrogens (tertiary/aromatic N) is 1. The monoisotopic (exact) mass is 196 g/mol. The molecular weight excluding hydrogens is 192 g/mol. The molecule has 0 radical (unpaired) electrons. The topological polar surface area (TPSA) is 58.9 Å². The number of carbonyl (C=O) groups excluding carboxylic acids is 1. The second-order valence-electron chi connectivity index (χ2n) is 2.42. The molecule has 1 N–H and O–H groups in total. The van der Waals surface area contributed by atoms with Crippen molar-refractivity contribution in [3.8, 4) is 11.5 Å². The van der Waals surface area contributed by atoms with E-state index in [1.165, 1.54) is 12.5 Å². The van der Waals surface area contributed by atoms with E-state index >= 15 is 0 Å². The van der Waals surface area contributed by atoms with Gasteiger partial charge in [-0.1, -0.05) is 11.6 Å². The van der Waals surface area contributed by atoms with Crippen molar-refractivity contribution in [3.63, 3.8) is 0 Å². The first kappa shape index (κ1) is 8.07. The van der Waals surface area contributed by atoms with Crippen molar-refractivity contribution >= 4 is 17.9 Å². The third-order valence-electron chi connectivity index (χ3n) is 1.64. The predicted octanol–water partition coefficient (Wildman–Crippen LogP) is 2.14. The summed E-state index contributed by atoms with van der Waals surface area (Å²) in [5.41, 5.74) is 0.932. The van der Waals surface area contributed by atoms with Gasteiger partial charge in [-0.25, -0.2) is 0 Å². The van der Waals surface area contributed by atoms with Crippen LogP contribution in [0.5, 0.6) is 0 Å². The van der Waals surface area contributed by atoms with Crippen molar-refractivity contribution in [2.24, 2.45) is 0 Å². The molecule has 0 bridgehead atoms. The van der Waals surface area contributed by atoms with E-state index in [1.807, 2.05) is 0 Å². The van der Waals surface area contributed by atoms with Crippen molar-refractivity contribution in [1.29, 1.82) is 0 Å². The number of H-pyrrole nitrogens is 1. The summed E-state index contributed by atoms with van der Waals surface area (Å²) in [5.74, 6) is 0.432. The SMILES string of the molecule is O=Cc1cn[nH]c1-c1occc1Cl. The van der Waals surface area contributed by atoms with Crippen LogP contribution >= 0.6 is 11.6 Å². The van der Waals surface area contributed by atoms with Crippen LogP contribution in [0.4, 0.5) is 0 Å². The number of carbonyl (C=O) groups is 1. The van der Waals surface area contributed by atoms with Gasteiger partial charge in [-0.05, 0) is 6.07 Å². The second kappa shape index (κ2) is 3.06. The van der Waals surface area contributed by atoms with Gasteiger partial charge in [0.25, 0.3) is 0 Å². The lowest BCUT2D eigenvalue weighted by molar-refractivity contribution is 0.112. The molecule has 0 atom stereocenters. The molecule has 0 amide bonds. The molecule has 5 heteroatoms. The van der Waals surface area contributed by atoms with Crippen LogP contribution in [0.1, 0.15) is 10.4 Å².